The Morgan fingerprint density at radius 2 is 2.27 bits per heavy atom. The molecule has 2 atom stereocenters. The van der Waals surface area contributed by atoms with Gasteiger partial charge in [0.2, 0.25) is 5.91 Å². The van der Waals surface area contributed by atoms with E-state index in [1.54, 1.807) is 30.7 Å². The van der Waals surface area contributed by atoms with Crippen molar-refractivity contribution >= 4 is 5.91 Å². The molecule has 2 aromatic heterocycles. The van der Waals surface area contributed by atoms with Gasteiger partial charge in [-0.15, -0.1) is 0 Å². The van der Waals surface area contributed by atoms with Gasteiger partial charge in [-0.1, -0.05) is 12.1 Å². The van der Waals surface area contributed by atoms with Crippen LogP contribution in [0.2, 0.25) is 0 Å². The van der Waals surface area contributed by atoms with Crippen LogP contribution in [0.15, 0.2) is 53.7 Å². The molecule has 0 spiro atoms. The summed E-state index contributed by atoms with van der Waals surface area (Å²) >= 11 is 0. The predicted molar refractivity (Wildman–Crippen MR) is 80.2 cm³/mol. The Morgan fingerprint density at radius 3 is 3.05 bits per heavy atom. The molecular weight excluding hydrogens is 282 g/mol. The van der Waals surface area contributed by atoms with E-state index in [9.17, 15) is 9.59 Å². The minimum Gasteiger partial charge on any atom is -0.371 e. The molecule has 0 saturated carbocycles. The molecular formula is C16H17N3O3. The van der Waals surface area contributed by atoms with Gasteiger partial charge in [0.1, 0.15) is 12.6 Å². The summed E-state index contributed by atoms with van der Waals surface area (Å²) in [6.45, 7) is 0.603. The lowest BCUT2D eigenvalue weighted by Gasteiger charge is -2.20. The Balaban J connectivity index is 1.66. The van der Waals surface area contributed by atoms with Crippen molar-refractivity contribution < 1.29 is 9.53 Å². The zero-order valence-corrected chi connectivity index (χ0v) is 12.0. The third-order valence-electron chi connectivity index (χ3n) is 3.66. The number of aromatic nitrogens is 2. The number of pyridine rings is 2. The van der Waals surface area contributed by atoms with Gasteiger partial charge in [-0.2, -0.15) is 0 Å². The molecule has 3 heterocycles. The number of amides is 1. The molecule has 6 heteroatoms. The number of rotatable bonds is 4. The van der Waals surface area contributed by atoms with Crippen molar-refractivity contribution in [1.82, 2.24) is 14.9 Å². The van der Waals surface area contributed by atoms with E-state index in [1.807, 2.05) is 12.1 Å². The van der Waals surface area contributed by atoms with Gasteiger partial charge in [-0.25, -0.2) is 0 Å². The second-order valence-corrected chi connectivity index (χ2v) is 5.21. The molecule has 0 radical (unpaired) electrons. The molecule has 1 aliphatic rings. The highest BCUT2D eigenvalue weighted by molar-refractivity contribution is 5.76. The van der Waals surface area contributed by atoms with Gasteiger partial charge in [0.15, 0.2) is 0 Å². The van der Waals surface area contributed by atoms with Crippen LogP contribution in [0, 0.1) is 0 Å². The largest absolute Gasteiger partial charge is 0.371 e. The van der Waals surface area contributed by atoms with Crippen molar-refractivity contribution in [2.45, 2.75) is 25.1 Å². The van der Waals surface area contributed by atoms with Crippen molar-refractivity contribution in [3.63, 3.8) is 0 Å². The van der Waals surface area contributed by atoms with Crippen LogP contribution in [-0.2, 0) is 16.1 Å². The molecule has 1 fully saturated rings. The summed E-state index contributed by atoms with van der Waals surface area (Å²) < 4.78 is 7.08. The summed E-state index contributed by atoms with van der Waals surface area (Å²) in [5, 5.41) is 2.95. The first-order valence-electron chi connectivity index (χ1n) is 7.20. The smallest absolute Gasteiger partial charge is 0.250 e. The van der Waals surface area contributed by atoms with Crippen LogP contribution in [0.3, 0.4) is 0 Å². The maximum atomic E-state index is 12.2. The zero-order valence-electron chi connectivity index (χ0n) is 12.0. The highest BCUT2D eigenvalue weighted by Crippen LogP contribution is 2.28. The van der Waals surface area contributed by atoms with Crippen LogP contribution in [0.1, 0.15) is 18.1 Å². The maximum absolute atomic E-state index is 12.2. The normalized spacial score (nSPS) is 20.7. The van der Waals surface area contributed by atoms with Crippen LogP contribution in [0.5, 0.6) is 0 Å². The SMILES string of the molecule is O=C(Cn1ccccc1=O)N[C@@H]1CCO[C@H]1c1cccnc1. The second-order valence-electron chi connectivity index (χ2n) is 5.21. The summed E-state index contributed by atoms with van der Waals surface area (Å²) in [5.74, 6) is -0.197. The lowest BCUT2D eigenvalue weighted by Crippen LogP contribution is -2.40. The molecule has 22 heavy (non-hydrogen) atoms. The van der Waals surface area contributed by atoms with Gasteiger partial charge in [0.25, 0.3) is 5.56 Å². The number of nitrogens with zero attached hydrogens (tertiary/aromatic N) is 2. The standard InChI is InChI=1S/C16H17N3O3/c20-14(11-19-8-2-1-5-15(19)21)18-13-6-9-22-16(13)12-4-3-7-17-10-12/h1-5,7-8,10,13,16H,6,9,11H2,(H,18,20)/t13-,16+/m1/s1. The van der Waals surface area contributed by atoms with Crippen molar-refractivity contribution in [1.29, 1.82) is 0 Å². The van der Waals surface area contributed by atoms with E-state index < -0.39 is 0 Å². The van der Waals surface area contributed by atoms with Gasteiger partial charge in [-0.05, 0) is 18.6 Å². The van der Waals surface area contributed by atoms with Gasteiger partial charge >= 0.3 is 0 Å². The average molecular weight is 299 g/mol. The van der Waals surface area contributed by atoms with Crippen molar-refractivity contribution in [2.24, 2.45) is 0 Å². The van der Waals surface area contributed by atoms with Gasteiger partial charge in [0, 0.05) is 36.8 Å². The lowest BCUT2D eigenvalue weighted by atomic mass is 10.0. The molecule has 6 nitrogen and oxygen atoms in total. The Kier molecular flexibility index (Phi) is 4.29. The van der Waals surface area contributed by atoms with Crippen LogP contribution >= 0.6 is 0 Å². The van der Waals surface area contributed by atoms with Crippen LogP contribution in [0.25, 0.3) is 0 Å². The fourth-order valence-electron chi connectivity index (χ4n) is 2.61. The van der Waals surface area contributed by atoms with Crippen LogP contribution in [-0.4, -0.2) is 28.1 Å². The van der Waals surface area contributed by atoms with Gasteiger partial charge in [-0.3, -0.25) is 14.6 Å². The first-order valence-corrected chi connectivity index (χ1v) is 7.20. The number of hydrogen-bond acceptors (Lipinski definition) is 4. The summed E-state index contributed by atoms with van der Waals surface area (Å²) in [6, 6.07) is 8.50. The third-order valence-corrected chi connectivity index (χ3v) is 3.66. The summed E-state index contributed by atoms with van der Waals surface area (Å²) in [7, 11) is 0. The number of carbonyl (C=O) groups is 1. The summed E-state index contributed by atoms with van der Waals surface area (Å²) in [4.78, 5) is 27.9. The molecule has 1 amide bonds. The molecule has 0 aromatic carbocycles. The van der Waals surface area contributed by atoms with Crippen molar-refractivity contribution in [3.8, 4) is 0 Å². The highest BCUT2D eigenvalue weighted by atomic mass is 16.5. The fourth-order valence-corrected chi connectivity index (χ4v) is 2.61. The molecule has 0 unspecified atom stereocenters. The number of ether oxygens (including phenoxy) is 1. The molecule has 3 rings (SSSR count). The van der Waals surface area contributed by atoms with E-state index in [0.29, 0.717) is 6.61 Å². The lowest BCUT2D eigenvalue weighted by molar-refractivity contribution is -0.122. The van der Waals surface area contributed by atoms with Crippen LogP contribution < -0.4 is 10.9 Å². The number of nitrogens with one attached hydrogen (secondary N) is 1. The topological polar surface area (TPSA) is 73.2 Å². The van der Waals surface area contributed by atoms with Gasteiger partial charge in [0.05, 0.1) is 6.04 Å². The molecule has 2 aromatic rings. The minimum absolute atomic E-state index is 0.00985. The summed E-state index contributed by atoms with van der Waals surface area (Å²) in [6.07, 6.45) is 5.61. The minimum atomic E-state index is -0.197. The average Bonchev–Trinajstić information content (AvgIpc) is 2.98. The van der Waals surface area contributed by atoms with Crippen LogP contribution in [0.4, 0.5) is 0 Å². The first kappa shape index (κ1) is 14.5. The van der Waals surface area contributed by atoms with E-state index in [-0.39, 0.29) is 30.2 Å². The molecule has 1 saturated heterocycles. The molecule has 0 aliphatic carbocycles. The van der Waals surface area contributed by atoms with E-state index >= 15 is 0 Å². The zero-order chi connectivity index (χ0) is 15.4. The van der Waals surface area contributed by atoms with Gasteiger partial charge < -0.3 is 14.6 Å². The first-order chi connectivity index (χ1) is 10.7. The van der Waals surface area contributed by atoms with E-state index in [0.717, 1.165) is 12.0 Å². The molecule has 1 aliphatic heterocycles. The predicted octanol–water partition coefficient (Wildman–Crippen LogP) is 0.890. The monoisotopic (exact) mass is 299 g/mol. The van der Waals surface area contributed by atoms with Crippen molar-refractivity contribution in [2.75, 3.05) is 6.61 Å². The Hall–Kier alpha value is -2.47. The number of hydrogen-bond donors (Lipinski definition) is 1. The second kappa shape index (κ2) is 6.53. The Bertz CT molecular complexity index is 699. The summed E-state index contributed by atoms with van der Waals surface area (Å²) in [5.41, 5.74) is 0.756. The van der Waals surface area contributed by atoms with E-state index in [2.05, 4.69) is 10.3 Å². The number of carbonyl (C=O) groups excluding carboxylic acids is 1. The fraction of sp³-hybridized carbons (Fsp3) is 0.312. The van der Waals surface area contributed by atoms with E-state index in [4.69, 9.17) is 4.74 Å². The third kappa shape index (κ3) is 3.23. The quantitative estimate of drug-likeness (QED) is 0.910. The molecule has 0 bridgehead atoms. The Labute approximate surface area is 127 Å². The molecule has 1 N–H and O–H groups in total. The Morgan fingerprint density at radius 1 is 1.36 bits per heavy atom. The molecule has 114 valence electrons. The maximum Gasteiger partial charge on any atom is 0.250 e. The highest BCUT2D eigenvalue weighted by Gasteiger charge is 2.30. The van der Waals surface area contributed by atoms with Crippen molar-refractivity contribution in [3.05, 3.63) is 64.8 Å². The van der Waals surface area contributed by atoms with E-state index in [1.165, 1.54) is 10.6 Å².